The van der Waals surface area contributed by atoms with Crippen LogP contribution in [0.2, 0.25) is 0 Å². The number of halogens is 3. The summed E-state index contributed by atoms with van der Waals surface area (Å²) in [5.41, 5.74) is 1.25. The Morgan fingerprint density at radius 3 is 2.43 bits per heavy atom. The monoisotopic (exact) mass is 483 g/mol. The van der Waals surface area contributed by atoms with Crippen molar-refractivity contribution in [1.29, 1.82) is 0 Å². The van der Waals surface area contributed by atoms with Gasteiger partial charge in [-0.05, 0) is 31.3 Å². The summed E-state index contributed by atoms with van der Waals surface area (Å²) in [6.45, 7) is 3.62. The Kier molecular flexibility index (Phi) is 6.29. The first-order chi connectivity index (χ1) is 16.9. The number of piperazine rings is 1. The molecule has 2 aliphatic rings. The molecule has 1 saturated heterocycles. The Balaban J connectivity index is 1.49. The Labute approximate surface area is 200 Å². The minimum Gasteiger partial charge on any atom is -0.438 e. The van der Waals surface area contributed by atoms with Crippen molar-refractivity contribution < 1.29 is 22.7 Å². The molecule has 0 aliphatic carbocycles. The van der Waals surface area contributed by atoms with Crippen molar-refractivity contribution in [3.05, 3.63) is 76.7 Å². The summed E-state index contributed by atoms with van der Waals surface area (Å²) < 4.78 is 47.4. The lowest BCUT2D eigenvalue weighted by molar-refractivity contribution is 0.0727. The third-order valence-electron chi connectivity index (χ3n) is 6.29. The van der Waals surface area contributed by atoms with Crippen molar-refractivity contribution >= 4 is 11.9 Å². The molecule has 2 aromatic carbocycles. The van der Waals surface area contributed by atoms with E-state index in [-0.39, 0.29) is 23.7 Å². The molecule has 0 bridgehead atoms. The van der Waals surface area contributed by atoms with Crippen LogP contribution in [0.3, 0.4) is 0 Å². The minimum absolute atomic E-state index is 0.0194. The number of likely N-dealkylation sites (N-methyl/N-ethyl adjacent to an activating group) is 1. The number of carbonyl (C=O) groups is 1. The molecule has 0 unspecified atom stereocenters. The van der Waals surface area contributed by atoms with Crippen LogP contribution in [-0.4, -0.2) is 65.4 Å². The highest BCUT2D eigenvalue weighted by Gasteiger charge is 2.30. The molecule has 0 atom stereocenters. The zero-order chi connectivity index (χ0) is 24.5. The molecule has 3 heterocycles. The van der Waals surface area contributed by atoms with Gasteiger partial charge in [0, 0.05) is 45.2 Å². The Bertz CT molecular complexity index is 1260. The Morgan fingerprint density at radius 2 is 1.69 bits per heavy atom. The van der Waals surface area contributed by atoms with Gasteiger partial charge in [-0.1, -0.05) is 12.1 Å². The van der Waals surface area contributed by atoms with E-state index in [0.717, 1.165) is 38.3 Å². The normalized spacial score (nSPS) is 16.2. The van der Waals surface area contributed by atoms with Crippen LogP contribution in [-0.2, 0) is 13.0 Å². The van der Waals surface area contributed by atoms with Gasteiger partial charge in [0.05, 0.1) is 23.4 Å². The van der Waals surface area contributed by atoms with E-state index >= 15 is 0 Å². The number of amides is 1. The predicted molar refractivity (Wildman–Crippen MR) is 123 cm³/mol. The van der Waals surface area contributed by atoms with E-state index in [4.69, 9.17) is 9.72 Å². The molecule has 35 heavy (non-hydrogen) atoms. The molecule has 0 radical (unpaired) electrons. The highest BCUT2D eigenvalue weighted by molar-refractivity contribution is 5.94. The summed E-state index contributed by atoms with van der Waals surface area (Å²) >= 11 is 0. The molecule has 1 fully saturated rings. The summed E-state index contributed by atoms with van der Waals surface area (Å²) in [6.07, 6.45) is 0.424. The van der Waals surface area contributed by atoms with E-state index in [2.05, 4.69) is 14.8 Å². The second-order valence-electron chi connectivity index (χ2n) is 8.68. The van der Waals surface area contributed by atoms with Gasteiger partial charge in [-0.3, -0.25) is 4.79 Å². The van der Waals surface area contributed by atoms with Gasteiger partial charge in [0.1, 0.15) is 11.6 Å². The Morgan fingerprint density at radius 1 is 0.914 bits per heavy atom. The number of carbonyl (C=O) groups excluding carboxylic acids is 1. The molecule has 7 nitrogen and oxygen atoms in total. The topological polar surface area (TPSA) is 61.8 Å². The van der Waals surface area contributed by atoms with Gasteiger partial charge in [-0.25, -0.2) is 18.2 Å². The maximum atomic E-state index is 14.2. The largest absolute Gasteiger partial charge is 0.438 e. The second-order valence-corrected chi connectivity index (χ2v) is 8.68. The van der Waals surface area contributed by atoms with Gasteiger partial charge in [0.15, 0.2) is 11.6 Å². The van der Waals surface area contributed by atoms with E-state index in [1.54, 1.807) is 6.07 Å². The molecule has 3 aromatic rings. The fourth-order valence-corrected chi connectivity index (χ4v) is 4.23. The first-order valence-corrected chi connectivity index (χ1v) is 11.4. The van der Waals surface area contributed by atoms with Crippen LogP contribution >= 0.6 is 0 Å². The quantitative estimate of drug-likeness (QED) is 0.565. The third kappa shape index (κ3) is 4.79. The fourth-order valence-electron chi connectivity index (χ4n) is 4.23. The SMILES string of the molecule is CN1CCN(c2nc3c(c(Oc4ccc(F)c(F)c4)n2)CN(C(=O)c2ccccc2F)CC3)CC1. The lowest BCUT2D eigenvalue weighted by Gasteiger charge is -2.34. The molecule has 5 rings (SSSR count). The molecule has 10 heteroatoms. The first-order valence-electron chi connectivity index (χ1n) is 11.4. The van der Waals surface area contributed by atoms with Crippen molar-refractivity contribution in [3.8, 4) is 11.6 Å². The van der Waals surface area contributed by atoms with Crippen LogP contribution in [0, 0.1) is 17.5 Å². The number of benzene rings is 2. The summed E-state index contributed by atoms with van der Waals surface area (Å²) in [5, 5.41) is 0. The van der Waals surface area contributed by atoms with Gasteiger partial charge < -0.3 is 19.4 Å². The van der Waals surface area contributed by atoms with Gasteiger partial charge in [0.2, 0.25) is 11.8 Å². The second kappa shape index (κ2) is 9.53. The smallest absolute Gasteiger partial charge is 0.257 e. The van der Waals surface area contributed by atoms with E-state index in [1.807, 2.05) is 7.05 Å². The predicted octanol–water partition coefficient (Wildman–Crippen LogP) is 3.64. The van der Waals surface area contributed by atoms with Gasteiger partial charge >= 0.3 is 0 Å². The maximum Gasteiger partial charge on any atom is 0.257 e. The van der Waals surface area contributed by atoms with E-state index in [0.29, 0.717) is 30.2 Å². The van der Waals surface area contributed by atoms with Gasteiger partial charge in [-0.2, -0.15) is 4.98 Å². The van der Waals surface area contributed by atoms with Crippen molar-refractivity contribution in [2.24, 2.45) is 0 Å². The van der Waals surface area contributed by atoms with Crippen LogP contribution in [0.5, 0.6) is 11.6 Å². The summed E-state index contributed by atoms with van der Waals surface area (Å²) in [5.74, 6) is -2.34. The number of fused-ring (bicyclic) bond motifs is 1. The number of anilines is 1. The summed E-state index contributed by atoms with van der Waals surface area (Å²) in [7, 11) is 2.05. The van der Waals surface area contributed by atoms with Crippen LogP contribution < -0.4 is 9.64 Å². The average molecular weight is 483 g/mol. The summed E-state index contributed by atoms with van der Waals surface area (Å²) in [4.78, 5) is 28.2. The molecule has 0 saturated carbocycles. The number of rotatable bonds is 4. The highest BCUT2D eigenvalue weighted by Crippen LogP contribution is 2.32. The average Bonchev–Trinajstić information content (AvgIpc) is 2.86. The lowest BCUT2D eigenvalue weighted by Crippen LogP contribution is -2.45. The molecule has 1 aromatic heterocycles. The zero-order valence-electron chi connectivity index (χ0n) is 19.2. The standard InChI is InChI=1S/C25H24F3N5O2/c1-31-10-12-32(13-11-31)25-29-22-8-9-33(24(34)17-4-2-3-5-19(17)26)15-18(22)23(30-25)35-16-6-7-20(27)21(28)14-16/h2-7,14H,8-13,15H2,1H3. The first kappa shape index (κ1) is 23.1. The molecular weight excluding hydrogens is 459 g/mol. The van der Waals surface area contributed by atoms with E-state index < -0.39 is 23.4 Å². The molecule has 0 spiro atoms. The van der Waals surface area contributed by atoms with Crippen molar-refractivity contribution in [2.45, 2.75) is 13.0 Å². The zero-order valence-corrected chi connectivity index (χ0v) is 19.2. The lowest BCUT2D eigenvalue weighted by atomic mass is 10.0. The summed E-state index contributed by atoms with van der Waals surface area (Å²) in [6, 6.07) is 9.06. The van der Waals surface area contributed by atoms with Crippen LogP contribution in [0.4, 0.5) is 19.1 Å². The van der Waals surface area contributed by atoms with Gasteiger partial charge in [0.25, 0.3) is 5.91 Å². The third-order valence-corrected chi connectivity index (χ3v) is 6.29. The minimum atomic E-state index is -1.04. The number of nitrogens with zero attached hydrogens (tertiary/aromatic N) is 5. The van der Waals surface area contributed by atoms with Crippen LogP contribution in [0.15, 0.2) is 42.5 Å². The molecule has 1 amide bonds. The van der Waals surface area contributed by atoms with Crippen LogP contribution in [0.1, 0.15) is 21.6 Å². The van der Waals surface area contributed by atoms with Crippen molar-refractivity contribution in [1.82, 2.24) is 19.8 Å². The highest BCUT2D eigenvalue weighted by atomic mass is 19.2. The van der Waals surface area contributed by atoms with Gasteiger partial charge in [-0.15, -0.1) is 0 Å². The Hall–Kier alpha value is -3.66. The van der Waals surface area contributed by atoms with Crippen molar-refractivity contribution in [2.75, 3.05) is 44.7 Å². The molecule has 2 aliphatic heterocycles. The molecule has 0 N–H and O–H groups in total. The molecule has 182 valence electrons. The molecular formula is C25H24F3N5O2. The number of ether oxygens (including phenoxy) is 1. The van der Waals surface area contributed by atoms with Crippen molar-refractivity contribution in [3.63, 3.8) is 0 Å². The van der Waals surface area contributed by atoms with E-state index in [1.165, 1.54) is 29.2 Å². The number of aromatic nitrogens is 2. The van der Waals surface area contributed by atoms with E-state index in [9.17, 15) is 18.0 Å². The fraction of sp³-hybridized carbons (Fsp3) is 0.320. The van der Waals surface area contributed by atoms with Crippen LogP contribution in [0.25, 0.3) is 0 Å². The number of hydrogen-bond acceptors (Lipinski definition) is 6. The maximum absolute atomic E-state index is 14.2. The number of hydrogen-bond donors (Lipinski definition) is 0.